The molecule has 3 rings (SSSR count). The summed E-state index contributed by atoms with van der Waals surface area (Å²) in [5.74, 6) is 2.06. The smallest absolute Gasteiger partial charge is 0.191 e. The monoisotopic (exact) mass is 207 g/mol. The second kappa shape index (κ2) is 3.39. The Morgan fingerprint density at radius 1 is 1.47 bits per heavy atom. The molecule has 0 radical (unpaired) electrons. The highest BCUT2D eigenvalue weighted by atomic mass is 15.2. The molecule has 1 unspecified atom stereocenters. The molecule has 0 amide bonds. The molecule has 1 atom stereocenters. The third-order valence-electron chi connectivity index (χ3n) is 4.31. The average molecular weight is 207 g/mol. The van der Waals surface area contributed by atoms with Crippen LogP contribution in [0.15, 0.2) is 4.99 Å². The molecule has 1 aliphatic heterocycles. The molecule has 3 nitrogen and oxygen atoms in total. The molecule has 84 valence electrons. The summed E-state index contributed by atoms with van der Waals surface area (Å²) in [4.78, 5) is 4.45. The zero-order chi connectivity index (χ0) is 10.3. The maximum atomic E-state index is 4.45. The largest absolute Gasteiger partial charge is 0.356 e. The van der Waals surface area contributed by atoms with E-state index in [1.54, 1.807) is 0 Å². The van der Waals surface area contributed by atoms with E-state index in [1.165, 1.54) is 32.1 Å². The van der Waals surface area contributed by atoms with E-state index in [0.717, 1.165) is 25.0 Å². The standard InChI is InChI=1S/C12H21N3/c1-9-7-13-11(15-9)14-8-12(5-2-6-12)10-3-4-10/h9-10H,2-8H2,1H3,(H2,13,14,15). The van der Waals surface area contributed by atoms with E-state index in [1.807, 2.05) is 0 Å². The summed E-state index contributed by atoms with van der Waals surface area (Å²) < 4.78 is 0. The maximum absolute atomic E-state index is 4.45. The Kier molecular flexibility index (Phi) is 2.15. The second-order valence-electron chi connectivity index (χ2n) is 5.58. The van der Waals surface area contributed by atoms with Gasteiger partial charge in [-0.1, -0.05) is 6.42 Å². The highest BCUT2D eigenvalue weighted by Crippen LogP contribution is 2.56. The van der Waals surface area contributed by atoms with Gasteiger partial charge in [-0.2, -0.15) is 0 Å². The predicted octanol–water partition coefficient (Wildman–Crippen LogP) is 1.50. The van der Waals surface area contributed by atoms with Crippen molar-refractivity contribution < 1.29 is 0 Å². The van der Waals surface area contributed by atoms with Gasteiger partial charge in [0.05, 0.1) is 6.54 Å². The number of guanidine groups is 1. The average Bonchev–Trinajstić information content (AvgIpc) is 2.90. The van der Waals surface area contributed by atoms with Crippen molar-refractivity contribution in [3.63, 3.8) is 0 Å². The van der Waals surface area contributed by atoms with Gasteiger partial charge in [0.1, 0.15) is 0 Å². The molecule has 3 aliphatic rings. The van der Waals surface area contributed by atoms with Gasteiger partial charge in [-0.25, -0.2) is 0 Å². The van der Waals surface area contributed by atoms with Gasteiger partial charge < -0.3 is 10.6 Å². The Morgan fingerprint density at radius 3 is 2.73 bits per heavy atom. The normalized spacial score (nSPS) is 32.9. The lowest BCUT2D eigenvalue weighted by atomic mass is 9.65. The minimum Gasteiger partial charge on any atom is -0.356 e. The van der Waals surface area contributed by atoms with E-state index < -0.39 is 0 Å². The van der Waals surface area contributed by atoms with E-state index >= 15 is 0 Å². The first kappa shape index (κ1) is 9.49. The second-order valence-corrected chi connectivity index (χ2v) is 5.58. The van der Waals surface area contributed by atoms with Crippen LogP contribution in [-0.4, -0.2) is 25.1 Å². The van der Waals surface area contributed by atoms with E-state index in [0.29, 0.717) is 11.5 Å². The van der Waals surface area contributed by atoms with Gasteiger partial charge in [-0.15, -0.1) is 0 Å². The lowest BCUT2D eigenvalue weighted by molar-refractivity contribution is 0.106. The zero-order valence-corrected chi connectivity index (χ0v) is 9.55. The molecule has 2 N–H and O–H groups in total. The van der Waals surface area contributed by atoms with Gasteiger partial charge in [0.25, 0.3) is 0 Å². The molecule has 2 fully saturated rings. The Labute approximate surface area is 91.7 Å². The van der Waals surface area contributed by atoms with Crippen molar-refractivity contribution in [2.24, 2.45) is 16.3 Å². The van der Waals surface area contributed by atoms with Crippen LogP contribution < -0.4 is 10.6 Å². The zero-order valence-electron chi connectivity index (χ0n) is 9.55. The molecule has 3 heteroatoms. The number of rotatable bonds is 3. The molecule has 0 saturated heterocycles. The topological polar surface area (TPSA) is 36.4 Å². The Bertz CT molecular complexity index is 277. The minimum atomic E-state index is 0.519. The number of nitrogens with one attached hydrogen (secondary N) is 2. The highest BCUT2D eigenvalue weighted by Gasteiger charge is 2.48. The van der Waals surface area contributed by atoms with E-state index in [9.17, 15) is 0 Å². The molecule has 2 saturated carbocycles. The molecule has 0 aromatic rings. The minimum absolute atomic E-state index is 0.519. The van der Waals surface area contributed by atoms with E-state index in [2.05, 4.69) is 22.5 Å². The van der Waals surface area contributed by atoms with E-state index in [4.69, 9.17) is 0 Å². The maximum Gasteiger partial charge on any atom is 0.191 e. The molecule has 2 aliphatic carbocycles. The van der Waals surface area contributed by atoms with Crippen LogP contribution in [0.3, 0.4) is 0 Å². The number of hydrogen-bond acceptors (Lipinski definition) is 3. The van der Waals surface area contributed by atoms with Gasteiger partial charge >= 0.3 is 0 Å². The summed E-state index contributed by atoms with van der Waals surface area (Å²) in [5.41, 5.74) is 0.649. The lowest BCUT2D eigenvalue weighted by Gasteiger charge is -2.42. The molecule has 0 aromatic heterocycles. The van der Waals surface area contributed by atoms with Gasteiger partial charge in [0.2, 0.25) is 0 Å². The van der Waals surface area contributed by atoms with Gasteiger partial charge in [-0.3, -0.25) is 4.99 Å². The molecular weight excluding hydrogens is 186 g/mol. The van der Waals surface area contributed by atoms with Crippen LogP contribution in [0.1, 0.15) is 39.0 Å². The number of hydrogen-bond donors (Lipinski definition) is 2. The van der Waals surface area contributed by atoms with Crippen LogP contribution in [0.25, 0.3) is 0 Å². The fraction of sp³-hybridized carbons (Fsp3) is 0.917. The van der Waals surface area contributed by atoms with Crippen molar-refractivity contribution in [2.75, 3.05) is 13.1 Å². The molecular formula is C12H21N3. The third-order valence-corrected chi connectivity index (χ3v) is 4.31. The van der Waals surface area contributed by atoms with Crippen molar-refractivity contribution >= 4 is 5.96 Å². The van der Waals surface area contributed by atoms with Crippen LogP contribution >= 0.6 is 0 Å². The van der Waals surface area contributed by atoms with Gasteiger partial charge in [0, 0.05) is 12.6 Å². The van der Waals surface area contributed by atoms with Crippen molar-refractivity contribution in [1.82, 2.24) is 10.6 Å². The Hall–Kier alpha value is -0.730. The Balaban J connectivity index is 1.52. The first-order valence-electron chi connectivity index (χ1n) is 6.33. The third kappa shape index (κ3) is 1.72. The van der Waals surface area contributed by atoms with Crippen LogP contribution in [0.2, 0.25) is 0 Å². The van der Waals surface area contributed by atoms with Crippen molar-refractivity contribution in [3.8, 4) is 0 Å². The van der Waals surface area contributed by atoms with Crippen molar-refractivity contribution in [1.29, 1.82) is 0 Å². The quantitative estimate of drug-likeness (QED) is 0.736. The van der Waals surface area contributed by atoms with Crippen LogP contribution in [0, 0.1) is 11.3 Å². The van der Waals surface area contributed by atoms with Crippen molar-refractivity contribution in [3.05, 3.63) is 0 Å². The highest BCUT2D eigenvalue weighted by molar-refractivity contribution is 5.81. The fourth-order valence-corrected chi connectivity index (χ4v) is 2.98. The predicted molar refractivity (Wildman–Crippen MR) is 61.9 cm³/mol. The summed E-state index contributed by atoms with van der Waals surface area (Å²) in [5, 5.41) is 6.89. The van der Waals surface area contributed by atoms with Gasteiger partial charge in [0.15, 0.2) is 5.96 Å². The Morgan fingerprint density at radius 2 is 2.27 bits per heavy atom. The SMILES string of the molecule is CC1CN=C(NCC2(C3CC3)CCC2)N1. The summed E-state index contributed by atoms with van der Waals surface area (Å²) in [7, 11) is 0. The molecule has 0 aromatic carbocycles. The van der Waals surface area contributed by atoms with Gasteiger partial charge in [-0.05, 0) is 43.9 Å². The first-order valence-corrected chi connectivity index (χ1v) is 6.33. The van der Waals surface area contributed by atoms with E-state index in [-0.39, 0.29) is 0 Å². The van der Waals surface area contributed by atoms with Crippen LogP contribution in [-0.2, 0) is 0 Å². The first-order chi connectivity index (χ1) is 7.28. The van der Waals surface area contributed by atoms with Crippen LogP contribution in [0.4, 0.5) is 0 Å². The van der Waals surface area contributed by atoms with Crippen molar-refractivity contribution in [2.45, 2.75) is 45.1 Å². The summed E-state index contributed by atoms with van der Waals surface area (Å²) in [6, 6.07) is 0.519. The summed E-state index contributed by atoms with van der Waals surface area (Å²) >= 11 is 0. The van der Waals surface area contributed by atoms with Crippen LogP contribution in [0.5, 0.6) is 0 Å². The molecule has 15 heavy (non-hydrogen) atoms. The lowest BCUT2D eigenvalue weighted by Crippen LogP contribution is -2.47. The number of nitrogens with zero attached hydrogens (tertiary/aromatic N) is 1. The number of aliphatic imine (C=N–C) groups is 1. The summed E-state index contributed by atoms with van der Waals surface area (Å²) in [6.07, 6.45) is 7.26. The molecule has 0 bridgehead atoms. The summed E-state index contributed by atoms with van der Waals surface area (Å²) in [6.45, 7) is 4.26. The fourth-order valence-electron chi connectivity index (χ4n) is 2.98. The molecule has 1 heterocycles. The molecule has 0 spiro atoms.